The molecule has 0 radical (unpaired) electrons. The second-order valence-corrected chi connectivity index (χ2v) is 6.02. The average Bonchev–Trinajstić information content (AvgIpc) is 2.25. The van der Waals surface area contributed by atoms with E-state index < -0.39 is 16.8 Å². The molecule has 1 amide bonds. The second-order valence-electron chi connectivity index (χ2n) is 4.86. The number of amides is 1. The Morgan fingerprint density at radius 2 is 1.89 bits per heavy atom. The Labute approximate surface area is 114 Å². The van der Waals surface area contributed by atoms with Gasteiger partial charge in [0.1, 0.15) is 6.04 Å². The number of aliphatic carboxylic acids is 1. The van der Waals surface area contributed by atoms with Crippen LogP contribution in [0, 0.1) is 0 Å². The highest BCUT2D eigenvalue weighted by Crippen LogP contribution is 2.17. The Bertz CT molecular complexity index is 277. The number of unbranched alkanes of at least 4 members (excludes halogenated alkanes) is 2. The lowest BCUT2D eigenvalue weighted by molar-refractivity contribution is -0.140. The highest BCUT2D eigenvalue weighted by molar-refractivity contribution is 7.81. The molecule has 1 atom stereocenters. The first kappa shape index (κ1) is 17.2. The summed E-state index contributed by atoms with van der Waals surface area (Å²) in [6, 6.07) is -0.667. The standard InChI is InChI=1S/C12H24N2O3S/c1-12(2,18)10(11(16)17)14-8-6-4-5-7-9(15)13-3/h10,14,18H,4-8H2,1-3H3,(H,13,15)(H,16,17)/t10-/m0/s1. The highest BCUT2D eigenvalue weighted by atomic mass is 32.1. The molecule has 0 aromatic carbocycles. The lowest BCUT2D eigenvalue weighted by Crippen LogP contribution is -2.49. The van der Waals surface area contributed by atoms with Gasteiger partial charge in [0.05, 0.1) is 0 Å². The quantitative estimate of drug-likeness (QED) is 0.375. The zero-order valence-electron chi connectivity index (χ0n) is 11.3. The number of carboxylic acid groups (broad SMARTS) is 1. The van der Waals surface area contributed by atoms with Gasteiger partial charge in [-0.05, 0) is 33.2 Å². The maximum Gasteiger partial charge on any atom is 0.322 e. The van der Waals surface area contributed by atoms with Crippen molar-refractivity contribution in [3.63, 3.8) is 0 Å². The van der Waals surface area contributed by atoms with Gasteiger partial charge in [-0.25, -0.2) is 0 Å². The first-order valence-electron chi connectivity index (χ1n) is 6.18. The van der Waals surface area contributed by atoms with Gasteiger partial charge in [-0.15, -0.1) is 0 Å². The van der Waals surface area contributed by atoms with Gasteiger partial charge < -0.3 is 15.7 Å². The molecule has 0 saturated carbocycles. The minimum Gasteiger partial charge on any atom is -0.480 e. The van der Waals surface area contributed by atoms with Crippen LogP contribution in [0.5, 0.6) is 0 Å². The van der Waals surface area contributed by atoms with E-state index in [4.69, 9.17) is 5.11 Å². The Morgan fingerprint density at radius 1 is 1.28 bits per heavy atom. The minimum atomic E-state index is -0.889. The smallest absolute Gasteiger partial charge is 0.322 e. The molecule has 18 heavy (non-hydrogen) atoms. The topological polar surface area (TPSA) is 78.4 Å². The zero-order chi connectivity index (χ0) is 14.2. The van der Waals surface area contributed by atoms with E-state index in [9.17, 15) is 9.59 Å². The monoisotopic (exact) mass is 276 g/mol. The summed E-state index contributed by atoms with van der Waals surface area (Å²) < 4.78 is -0.603. The van der Waals surface area contributed by atoms with Crippen LogP contribution < -0.4 is 10.6 Å². The largest absolute Gasteiger partial charge is 0.480 e. The van der Waals surface area contributed by atoms with E-state index in [1.54, 1.807) is 20.9 Å². The average molecular weight is 276 g/mol. The fourth-order valence-corrected chi connectivity index (χ4v) is 1.80. The van der Waals surface area contributed by atoms with Crippen molar-refractivity contribution in [2.75, 3.05) is 13.6 Å². The predicted molar refractivity (Wildman–Crippen MR) is 75.0 cm³/mol. The van der Waals surface area contributed by atoms with Crippen LogP contribution in [0.2, 0.25) is 0 Å². The number of carbonyl (C=O) groups is 2. The van der Waals surface area contributed by atoms with E-state index in [0.29, 0.717) is 13.0 Å². The van der Waals surface area contributed by atoms with Crippen molar-refractivity contribution in [1.82, 2.24) is 10.6 Å². The van der Waals surface area contributed by atoms with Crippen LogP contribution in [0.3, 0.4) is 0 Å². The summed E-state index contributed by atoms with van der Waals surface area (Å²) in [5.74, 6) is -0.844. The molecule has 0 aliphatic rings. The van der Waals surface area contributed by atoms with Gasteiger partial charge in [-0.2, -0.15) is 12.6 Å². The van der Waals surface area contributed by atoms with E-state index in [2.05, 4.69) is 23.3 Å². The molecule has 0 spiro atoms. The van der Waals surface area contributed by atoms with Crippen molar-refractivity contribution in [3.05, 3.63) is 0 Å². The molecule has 0 aliphatic heterocycles. The molecule has 5 nitrogen and oxygen atoms in total. The molecule has 3 N–H and O–H groups in total. The molecule has 0 heterocycles. The number of thiol groups is 1. The second kappa shape index (κ2) is 8.37. The van der Waals surface area contributed by atoms with E-state index >= 15 is 0 Å². The summed E-state index contributed by atoms with van der Waals surface area (Å²) in [5.41, 5.74) is 0. The van der Waals surface area contributed by atoms with E-state index in [1.165, 1.54) is 0 Å². The molecular weight excluding hydrogens is 252 g/mol. The number of hydrogen-bond acceptors (Lipinski definition) is 4. The molecule has 0 unspecified atom stereocenters. The molecule has 0 bridgehead atoms. The number of nitrogens with one attached hydrogen (secondary N) is 2. The minimum absolute atomic E-state index is 0.0443. The van der Waals surface area contributed by atoms with Crippen molar-refractivity contribution in [2.45, 2.75) is 50.3 Å². The number of hydrogen-bond donors (Lipinski definition) is 4. The van der Waals surface area contributed by atoms with Gasteiger partial charge in [-0.3, -0.25) is 9.59 Å². The van der Waals surface area contributed by atoms with Crippen LogP contribution in [0.15, 0.2) is 0 Å². The van der Waals surface area contributed by atoms with E-state index in [-0.39, 0.29) is 5.91 Å². The Hall–Kier alpha value is -0.750. The Balaban J connectivity index is 3.76. The molecular formula is C12H24N2O3S. The van der Waals surface area contributed by atoms with Gasteiger partial charge >= 0.3 is 5.97 Å². The highest BCUT2D eigenvalue weighted by Gasteiger charge is 2.31. The van der Waals surface area contributed by atoms with Crippen molar-refractivity contribution in [1.29, 1.82) is 0 Å². The molecule has 0 aromatic rings. The molecule has 6 heteroatoms. The lowest BCUT2D eigenvalue weighted by Gasteiger charge is -2.27. The van der Waals surface area contributed by atoms with Gasteiger partial charge in [0, 0.05) is 18.2 Å². The summed E-state index contributed by atoms with van der Waals surface area (Å²) in [6.45, 7) is 4.16. The van der Waals surface area contributed by atoms with E-state index in [0.717, 1.165) is 19.3 Å². The normalized spacial score (nSPS) is 13.1. The third-order valence-electron chi connectivity index (χ3n) is 2.66. The SMILES string of the molecule is CNC(=O)CCCCCN[C@@H](C(=O)O)C(C)(C)S. The molecule has 0 rings (SSSR count). The van der Waals surface area contributed by atoms with Crippen LogP contribution >= 0.6 is 12.6 Å². The zero-order valence-corrected chi connectivity index (χ0v) is 12.2. The third kappa shape index (κ3) is 7.55. The lowest BCUT2D eigenvalue weighted by atomic mass is 10.0. The van der Waals surface area contributed by atoms with Crippen molar-refractivity contribution in [3.8, 4) is 0 Å². The van der Waals surface area contributed by atoms with Crippen LogP contribution in [-0.2, 0) is 9.59 Å². The fraction of sp³-hybridized carbons (Fsp3) is 0.833. The molecule has 0 fully saturated rings. The number of rotatable bonds is 9. The first-order valence-corrected chi connectivity index (χ1v) is 6.63. The van der Waals surface area contributed by atoms with Gasteiger partial charge in [0.15, 0.2) is 0 Å². The first-order chi connectivity index (χ1) is 8.29. The van der Waals surface area contributed by atoms with Gasteiger partial charge in [0.25, 0.3) is 0 Å². The molecule has 0 aromatic heterocycles. The fourth-order valence-electron chi connectivity index (χ4n) is 1.60. The summed E-state index contributed by atoms with van der Waals surface area (Å²) in [5, 5.41) is 14.6. The van der Waals surface area contributed by atoms with Crippen LogP contribution in [0.1, 0.15) is 39.5 Å². The maximum absolute atomic E-state index is 11.0. The summed E-state index contributed by atoms with van der Waals surface area (Å²) in [7, 11) is 1.62. The van der Waals surface area contributed by atoms with E-state index in [1.807, 2.05) is 0 Å². The molecule has 0 aliphatic carbocycles. The predicted octanol–water partition coefficient (Wildman–Crippen LogP) is 1.04. The van der Waals surface area contributed by atoms with Crippen LogP contribution in [-0.4, -0.2) is 41.4 Å². The molecule has 0 saturated heterocycles. The summed E-state index contributed by atoms with van der Waals surface area (Å²) in [6.07, 6.45) is 3.10. The Kier molecular flexibility index (Phi) is 8.02. The third-order valence-corrected chi connectivity index (χ3v) is 2.92. The maximum atomic E-state index is 11.0. The van der Waals surface area contributed by atoms with Crippen LogP contribution in [0.4, 0.5) is 0 Å². The van der Waals surface area contributed by atoms with Gasteiger partial charge in [-0.1, -0.05) is 6.42 Å². The summed E-state index contributed by atoms with van der Waals surface area (Å²) in [4.78, 5) is 22.0. The van der Waals surface area contributed by atoms with Crippen LogP contribution in [0.25, 0.3) is 0 Å². The van der Waals surface area contributed by atoms with Crippen molar-refractivity contribution < 1.29 is 14.7 Å². The summed E-state index contributed by atoms with van der Waals surface area (Å²) >= 11 is 4.28. The van der Waals surface area contributed by atoms with Gasteiger partial charge in [0.2, 0.25) is 5.91 Å². The number of carbonyl (C=O) groups excluding carboxylic acids is 1. The van der Waals surface area contributed by atoms with Crippen molar-refractivity contribution in [2.24, 2.45) is 0 Å². The number of carboxylic acids is 1. The Morgan fingerprint density at radius 3 is 2.33 bits per heavy atom. The molecule has 106 valence electrons. The van der Waals surface area contributed by atoms with Crippen molar-refractivity contribution >= 4 is 24.5 Å².